The second kappa shape index (κ2) is 8.09. The molecule has 0 aromatic heterocycles. The molecule has 2 aliphatic rings. The monoisotopic (exact) mass is 451 g/mol. The Morgan fingerprint density at radius 3 is 2.69 bits per heavy atom. The topological polar surface area (TPSA) is 83.8 Å². The van der Waals surface area contributed by atoms with Crippen molar-refractivity contribution in [3.05, 3.63) is 74.2 Å². The van der Waals surface area contributed by atoms with Gasteiger partial charge in [0.2, 0.25) is 0 Å². The maximum atomic E-state index is 12.9. The Kier molecular flexibility index (Phi) is 5.58. The molecule has 7 nitrogen and oxygen atoms in total. The van der Waals surface area contributed by atoms with Gasteiger partial charge in [0.05, 0.1) is 16.4 Å². The third-order valence-electron chi connectivity index (χ3n) is 6.29. The van der Waals surface area contributed by atoms with Crippen molar-refractivity contribution in [2.75, 3.05) is 11.9 Å². The van der Waals surface area contributed by atoms with E-state index in [-0.39, 0.29) is 28.9 Å². The van der Waals surface area contributed by atoms with Crippen molar-refractivity contribution in [1.29, 1.82) is 0 Å². The van der Waals surface area contributed by atoms with Crippen LogP contribution in [0.3, 0.4) is 0 Å². The summed E-state index contributed by atoms with van der Waals surface area (Å²) in [6.07, 6.45) is 2.78. The van der Waals surface area contributed by atoms with Crippen LogP contribution >= 0.6 is 11.8 Å². The number of benzene rings is 2. The molecule has 0 radical (unpaired) electrons. The van der Waals surface area contributed by atoms with E-state index in [9.17, 15) is 19.7 Å². The second-order valence-electron chi connectivity index (χ2n) is 8.99. The molecule has 0 saturated carbocycles. The molecule has 2 amide bonds. The number of nitro benzene ring substituents is 1. The molecule has 2 aliphatic heterocycles. The normalized spacial score (nSPS) is 21.2. The van der Waals surface area contributed by atoms with Gasteiger partial charge in [0.15, 0.2) is 0 Å². The molecule has 1 saturated heterocycles. The largest absolute Gasteiger partial charge is 0.369 e. The molecule has 0 aliphatic carbocycles. The van der Waals surface area contributed by atoms with Gasteiger partial charge in [-0.25, -0.2) is 0 Å². The van der Waals surface area contributed by atoms with Crippen molar-refractivity contribution < 1.29 is 14.5 Å². The van der Waals surface area contributed by atoms with Gasteiger partial charge in [0.1, 0.15) is 0 Å². The molecule has 8 heteroatoms. The molecular weight excluding hydrogens is 426 g/mol. The van der Waals surface area contributed by atoms with Gasteiger partial charge in [-0.2, -0.15) is 0 Å². The number of nitro groups is 1. The summed E-state index contributed by atoms with van der Waals surface area (Å²) in [7, 11) is 2.10. The number of rotatable bonds is 4. The SMILES string of the molecule is C[C@H]1CC(C)(C)N(C)c2ccc(/C=C3\SC(=O)N(Cc4cccc([N+](=O)[O-])c4)C3=O)cc21. The zero-order valence-corrected chi connectivity index (χ0v) is 19.3. The maximum absolute atomic E-state index is 12.9. The van der Waals surface area contributed by atoms with Crippen molar-refractivity contribution >= 4 is 40.4 Å². The minimum Gasteiger partial charge on any atom is -0.369 e. The molecule has 2 aromatic rings. The van der Waals surface area contributed by atoms with Gasteiger partial charge >= 0.3 is 0 Å². The highest BCUT2D eigenvalue weighted by molar-refractivity contribution is 8.18. The lowest BCUT2D eigenvalue weighted by atomic mass is 9.80. The van der Waals surface area contributed by atoms with Gasteiger partial charge in [-0.15, -0.1) is 0 Å². The lowest BCUT2D eigenvalue weighted by Gasteiger charge is -2.45. The Hall–Kier alpha value is -3.13. The highest BCUT2D eigenvalue weighted by Crippen LogP contribution is 2.43. The fourth-order valence-corrected chi connectivity index (χ4v) is 5.26. The summed E-state index contributed by atoms with van der Waals surface area (Å²) in [6.45, 7) is 6.69. The van der Waals surface area contributed by atoms with E-state index in [1.165, 1.54) is 23.4 Å². The van der Waals surface area contributed by atoms with Gasteiger partial charge in [-0.3, -0.25) is 24.6 Å². The van der Waals surface area contributed by atoms with Crippen LogP contribution in [0.2, 0.25) is 0 Å². The van der Waals surface area contributed by atoms with Gasteiger partial charge in [-0.05, 0) is 72.8 Å². The number of nitrogens with zero attached hydrogens (tertiary/aromatic N) is 3. The van der Waals surface area contributed by atoms with Crippen LogP contribution in [-0.2, 0) is 11.3 Å². The van der Waals surface area contributed by atoms with Crippen LogP contribution in [0, 0.1) is 10.1 Å². The Bertz CT molecular complexity index is 1160. The average molecular weight is 452 g/mol. The number of hydrogen-bond acceptors (Lipinski definition) is 6. The lowest BCUT2D eigenvalue weighted by Crippen LogP contribution is -2.45. The quantitative estimate of drug-likeness (QED) is 0.344. The summed E-state index contributed by atoms with van der Waals surface area (Å²) >= 11 is 0.899. The molecule has 0 unspecified atom stereocenters. The van der Waals surface area contributed by atoms with Crippen molar-refractivity contribution in [3.63, 3.8) is 0 Å². The van der Waals surface area contributed by atoms with Crippen LogP contribution in [-0.4, -0.2) is 33.6 Å². The molecular formula is C24H25N3O4S. The molecule has 32 heavy (non-hydrogen) atoms. The standard InChI is InChI=1S/C24H25N3O4S/c1-15-13-24(2,3)25(4)20-9-8-16(11-19(15)20)12-21-22(28)26(23(29)32-21)14-17-6-5-7-18(10-17)27(30)31/h5-12,15H,13-14H2,1-4H3/b21-12-/t15-/m0/s1. The Balaban J connectivity index is 1.58. The molecule has 0 bridgehead atoms. The number of carbonyl (C=O) groups is 2. The average Bonchev–Trinajstić information content (AvgIpc) is 2.99. The van der Waals surface area contributed by atoms with E-state index in [2.05, 4.69) is 44.9 Å². The van der Waals surface area contributed by atoms with E-state index >= 15 is 0 Å². The third-order valence-corrected chi connectivity index (χ3v) is 7.20. The number of thioether (sulfide) groups is 1. The van der Waals surface area contributed by atoms with E-state index in [0.29, 0.717) is 16.4 Å². The summed E-state index contributed by atoms with van der Waals surface area (Å²) in [6, 6.07) is 12.1. The van der Waals surface area contributed by atoms with Crippen LogP contribution in [0.25, 0.3) is 6.08 Å². The summed E-state index contributed by atoms with van der Waals surface area (Å²) in [5.41, 5.74) is 3.84. The number of imide groups is 1. The van der Waals surface area contributed by atoms with Gasteiger partial charge in [0, 0.05) is 30.4 Å². The van der Waals surface area contributed by atoms with Crippen molar-refractivity contribution in [2.45, 2.75) is 45.2 Å². The highest BCUT2D eigenvalue weighted by Gasteiger charge is 2.36. The first-order valence-corrected chi connectivity index (χ1v) is 11.2. The first-order chi connectivity index (χ1) is 15.1. The zero-order chi connectivity index (χ0) is 23.2. The smallest absolute Gasteiger partial charge is 0.293 e. The number of non-ortho nitro benzene ring substituents is 1. The minimum atomic E-state index is -0.493. The van der Waals surface area contributed by atoms with Crippen LogP contribution in [0.5, 0.6) is 0 Å². The van der Waals surface area contributed by atoms with E-state index in [1.54, 1.807) is 18.2 Å². The molecule has 2 heterocycles. The van der Waals surface area contributed by atoms with E-state index in [4.69, 9.17) is 0 Å². The van der Waals surface area contributed by atoms with Gasteiger partial charge in [-0.1, -0.05) is 25.1 Å². The van der Waals surface area contributed by atoms with Crippen molar-refractivity contribution in [2.24, 2.45) is 0 Å². The number of fused-ring (bicyclic) bond motifs is 1. The summed E-state index contributed by atoms with van der Waals surface area (Å²) < 4.78 is 0. The van der Waals surface area contributed by atoms with Crippen LogP contribution in [0.15, 0.2) is 47.4 Å². The fraction of sp³-hybridized carbons (Fsp3) is 0.333. The number of carbonyl (C=O) groups excluding carboxylic acids is 2. The van der Waals surface area contributed by atoms with Crippen LogP contribution in [0.4, 0.5) is 16.2 Å². The molecule has 1 atom stereocenters. The summed E-state index contributed by atoms with van der Waals surface area (Å²) in [5.74, 6) is 0.00371. The van der Waals surface area contributed by atoms with Crippen LogP contribution in [0.1, 0.15) is 49.8 Å². The van der Waals surface area contributed by atoms with Gasteiger partial charge < -0.3 is 4.90 Å². The van der Waals surface area contributed by atoms with Crippen molar-refractivity contribution in [1.82, 2.24) is 4.90 Å². The number of amides is 2. The Morgan fingerprint density at radius 2 is 1.97 bits per heavy atom. The molecule has 4 rings (SSSR count). The van der Waals surface area contributed by atoms with Gasteiger partial charge in [0.25, 0.3) is 16.8 Å². The van der Waals surface area contributed by atoms with E-state index in [1.807, 2.05) is 6.07 Å². The number of anilines is 1. The predicted molar refractivity (Wildman–Crippen MR) is 127 cm³/mol. The second-order valence-corrected chi connectivity index (χ2v) is 9.98. The number of hydrogen-bond donors (Lipinski definition) is 0. The fourth-order valence-electron chi connectivity index (χ4n) is 4.42. The van der Waals surface area contributed by atoms with E-state index < -0.39 is 4.92 Å². The molecule has 2 aromatic carbocycles. The summed E-state index contributed by atoms with van der Waals surface area (Å²) in [4.78, 5) is 39.7. The molecule has 0 spiro atoms. The predicted octanol–water partition coefficient (Wildman–Crippen LogP) is 5.55. The first-order valence-electron chi connectivity index (χ1n) is 10.4. The zero-order valence-electron chi connectivity index (χ0n) is 18.5. The first kappa shape index (κ1) is 22.1. The third kappa shape index (κ3) is 4.02. The summed E-state index contributed by atoms with van der Waals surface area (Å²) in [5, 5.41) is 10.6. The highest BCUT2D eigenvalue weighted by atomic mass is 32.2. The van der Waals surface area contributed by atoms with Crippen LogP contribution < -0.4 is 4.90 Å². The van der Waals surface area contributed by atoms with E-state index in [0.717, 1.165) is 28.6 Å². The molecule has 1 fully saturated rings. The minimum absolute atomic E-state index is 0.00475. The molecule has 0 N–H and O–H groups in total. The Labute approximate surface area is 191 Å². The van der Waals surface area contributed by atoms with Crippen molar-refractivity contribution in [3.8, 4) is 0 Å². The molecule has 166 valence electrons. The lowest BCUT2D eigenvalue weighted by molar-refractivity contribution is -0.384. The maximum Gasteiger partial charge on any atom is 0.293 e. The Morgan fingerprint density at radius 1 is 1.22 bits per heavy atom.